The minimum atomic E-state index is -0.234. The van der Waals surface area contributed by atoms with E-state index < -0.39 is 0 Å². The lowest BCUT2D eigenvalue weighted by Crippen LogP contribution is -2.03. The third-order valence-corrected chi connectivity index (χ3v) is 1.37. The van der Waals surface area contributed by atoms with Gasteiger partial charge in [-0.05, 0) is 18.9 Å². The van der Waals surface area contributed by atoms with Gasteiger partial charge in [0, 0.05) is 0 Å². The van der Waals surface area contributed by atoms with Crippen molar-refractivity contribution in [2.75, 3.05) is 0 Å². The highest BCUT2D eigenvalue weighted by Crippen LogP contribution is 2.01. The normalized spacial score (nSPS) is 11.8. The predicted molar refractivity (Wildman–Crippen MR) is 45.4 cm³/mol. The summed E-state index contributed by atoms with van der Waals surface area (Å²) in [4.78, 5) is 0. The van der Waals surface area contributed by atoms with Crippen LogP contribution in [0.2, 0.25) is 0 Å². The molecule has 62 valence electrons. The molecule has 0 fully saturated rings. The molecule has 2 heteroatoms. The van der Waals surface area contributed by atoms with Crippen LogP contribution in [0.25, 0.3) is 0 Å². The lowest BCUT2D eigenvalue weighted by molar-refractivity contribution is 0.195. The van der Waals surface area contributed by atoms with Crippen LogP contribution in [0.1, 0.15) is 12.5 Å². The fourth-order valence-corrected chi connectivity index (χ4v) is 0.955. The van der Waals surface area contributed by atoms with E-state index in [0.29, 0.717) is 0 Å². The Hall–Kier alpha value is -0.860. The lowest BCUT2D eigenvalue weighted by Gasteiger charge is -2.01. The van der Waals surface area contributed by atoms with Crippen LogP contribution in [-0.2, 0) is 6.42 Å². The van der Waals surface area contributed by atoms with Crippen LogP contribution in [0.3, 0.4) is 0 Å². The third kappa shape index (κ3) is 3.75. The minimum absolute atomic E-state index is 0. The second kappa shape index (κ2) is 4.88. The van der Waals surface area contributed by atoms with Crippen LogP contribution in [0.15, 0.2) is 30.3 Å². The molecule has 0 spiro atoms. The van der Waals surface area contributed by atoms with Gasteiger partial charge in [0.25, 0.3) is 0 Å². The molecule has 1 aromatic carbocycles. The summed E-state index contributed by atoms with van der Waals surface area (Å²) in [7, 11) is 0. The minimum Gasteiger partial charge on any atom is -0.412 e. The monoisotopic (exact) mass is 154 g/mol. The highest BCUT2D eigenvalue weighted by atomic mass is 16.3. The maximum atomic E-state index is 9.01. The first-order chi connectivity index (χ1) is 4.79. The Morgan fingerprint density at radius 3 is 2.27 bits per heavy atom. The van der Waals surface area contributed by atoms with Crippen molar-refractivity contribution in [1.29, 1.82) is 0 Å². The fraction of sp³-hybridized carbons (Fsp3) is 0.333. The topological polar surface area (TPSA) is 51.7 Å². The van der Waals surface area contributed by atoms with Crippen molar-refractivity contribution >= 4 is 0 Å². The summed E-state index contributed by atoms with van der Waals surface area (Å²) in [5.74, 6) is 0. The summed E-state index contributed by atoms with van der Waals surface area (Å²) in [6, 6.07) is 9.99. The molecule has 1 aromatic rings. The largest absolute Gasteiger partial charge is 0.412 e. The summed E-state index contributed by atoms with van der Waals surface area (Å²) < 4.78 is 0. The molecular weight excluding hydrogens is 140 g/mol. The van der Waals surface area contributed by atoms with Gasteiger partial charge >= 0.3 is 0 Å². The average Bonchev–Trinajstić information content (AvgIpc) is 1.88. The second-order valence-corrected chi connectivity index (χ2v) is 2.54. The zero-order valence-electron chi connectivity index (χ0n) is 6.62. The molecule has 0 aliphatic rings. The zero-order chi connectivity index (χ0) is 7.40. The van der Waals surface area contributed by atoms with Gasteiger partial charge in [-0.25, -0.2) is 0 Å². The second-order valence-electron chi connectivity index (χ2n) is 2.54. The van der Waals surface area contributed by atoms with Crippen molar-refractivity contribution in [3.8, 4) is 0 Å². The van der Waals surface area contributed by atoms with Crippen LogP contribution in [0, 0.1) is 0 Å². The SMILES string of the molecule is CC(O)Cc1ccccc1.O. The van der Waals surface area contributed by atoms with Crippen molar-refractivity contribution < 1.29 is 10.6 Å². The molecule has 0 heterocycles. The van der Waals surface area contributed by atoms with Crippen molar-refractivity contribution in [3.05, 3.63) is 35.9 Å². The van der Waals surface area contributed by atoms with E-state index >= 15 is 0 Å². The van der Waals surface area contributed by atoms with Crippen molar-refractivity contribution in [2.24, 2.45) is 0 Å². The molecule has 0 amide bonds. The van der Waals surface area contributed by atoms with Gasteiger partial charge < -0.3 is 10.6 Å². The first-order valence-electron chi connectivity index (χ1n) is 3.51. The standard InChI is InChI=1S/C9H12O.H2O/c1-8(10)7-9-5-3-2-4-6-9;/h2-6,8,10H,7H2,1H3;1H2. The summed E-state index contributed by atoms with van der Waals surface area (Å²) >= 11 is 0. The van der Waals surface area contributed by atoms with Gasteiger partial charge in [-0.15, -0.1) is 0 Å². The zero-order valence-corrected chi connectivity index (χ0v) is 6.62. The lowest BCUT2D eigenvalue weighted by atomic mass is 10.1. The fourth-order valence-electron chi connectivity index (χ4n) is 0.955. The van der Waals surface area contributed by atoms with Crippen molar-refractivity contribution in [1.82, 2.24) is 0 Å². The van der Waals surface area contributed by atoms with Crippen molar-refractivity contribution in [3.63, 3.8) is 0 Å². The Morgan fingerprint density at radius 2 is 1.82 bits per heavy atom. The Labute approximate surface area is 66.8 Å². The number of hydrogen-bond acceptors (Lipinski definition) is 1. The molecule has 3 N–H and O–H groups in total. The van der Waals surface area contributed by atoms with Crippen LogP contribution >= 0.6 is 0 Å². The van der Waals surface area contributed by atoms with Crippen molar-refractivity contribution in [2.45, 2.75) is 19.4 Å². The Balaban J connectivity index is 0.000001000. The summed E-state index contributed by atoms with van der Waals surface area (Å²) in [5.41, 5.74) is 1.19. The molecule has 1 atom stereocenters. The molecule has 0 radical (unpaired) electrons. The predicted octanol–water partition coefficient (Wildman–Crippen LogP) is 0.785. The molecule has 0 saturated heterocycles. The van der Waals surface area contributed by atoms with Crippen LogP contribution in [-0.4, -0.2) is 16.7 Å². The molecule has 1 rings (SSSR count). The van der Waals surface area contributed by atoms with E-state index in [4.69, 9.17) is 5.11 Å². The molecule has 0 saturated carbocycles. The van der Waals surface area contributed by atoms with Gasteiger partial charge in [-0.2, -0.15) is 0 Å². The summed E-state index contributed by atoms with van der Waals surface area (Å²) in [5, 5.41) is 9.01. The number of rotatable bonds is 2. The van der Waals surface area contributed by atoms with Gasteiger partial charge in [-0.1, -0.05) is 30.3 Å². The third-order valence-electron chi connectivity index (χ3n) is 1.37. The Kier molecular flexibility index (Phi) is 4.50. The number of hydrogen-bond donors (Lipinski definition) is 1. The van der Waals surface area contributed by atoms with E-state index in [1.165, 1.54) is 5.56 Å². The average molecular weight is 154 g/mol. The van der Waals surface area contributed by atoms with Gasteiger partial charge in [-0.3, -0.25) is 0 Å². The van der Waals surface area contributed by atoms with Crippen LogP contribution in [0.4, 0.5) is 0 Å². The number of benzene rings is 1. The Bertz CT molecular complexity index is 182. The number of aliphatic hydroxyl groups is 1. The molecule has 1 unspecified atom stereocenters. The molecular formula is C9H14O2. The first kappa shape index (κ1) is 10.1. The Morgan fingerprint density at radius 1 is 1.27 bits per heavy atom. The van der Waals surface area contributed by atoms with Gasteiger partial charge in [0.05, 0.1) is 6.10 Å². The molecule has 0 aromatic heterocycles. The van der Waals surface area contributed by atoms with Crippen LogP contribution < -0.4 is 0 Å². The number of aliphatic hydroxyl groups excluding tert-OH is 1. The molecule has 11 heavy (non-hydrogen) atoms. The highest BCUT2D eigenvalue weighted by Gasteiger charge is 1.95. The maximum absolute atomic E-state index is 9.01. The van der Waals surface area contributed by atoms with E-state index in [-0.39, 0.29) is 11.6 Å². The first-order valence-corrected chi connectivity index (χ1v) is 3.51. The van der Waals surface area contributed by atoms with Gasteiger partial charge in [0.2, 0.25) is 0 Å². The highest BCUT2D eigenvalue weighted by molar-refractivity contribution is 5.15. The summed E-state index contributed by atoms with van der Waals surface area (Å²) in [6.07, 6.45) is 0.517. The molecule has 0 aliphatic carbocycles. The summed E-state index contributed by atoms with van der Waals surface area (Å²) in [6.45, 7) is 1.80. The van der Waals surface area contributed by atoms with E-state index in [1.807, 2.05) is 30.3 Å². The quantitative estimate of drug-likeness (QED) is 0.672. The van der Waals surface area contributed by atoms with E-state index in [2.05, 4.69) is 0 Å². The van der Waals surface area contributed by atoms with Crippen LogP contribution in [0.5, 0.6) is 0 Å². The van der Waals surface area contributed by atoms with E-state index in [1.54, 1.807) is 6.92 Å². The smallest absolute Gasteiger partial charge is 0.0552 e. The molecule has 2 nitrogen and oxygen atoms in total. The van der Waals surface area contributed by atoms with E-state index in [0.717, 1.165) is 6.42 Å². The van der Waals surface area contributed by atoms with Gasteiger partial charge in [0.1, 0.15) is 0 Å². The van der Waals surface area contributed by atoms with E-state index in [9.17, 15) is 0 Å². The van der Waals surface area contributed by atoms with Gasteiger partial charge in [0.15, 0.2) is 0 Å². The maximum Gasteiger partial charge on any atom is 0.0552 e. The molecule has 0 aliphatic heterocycles. The molecule has 0 bridgehead atoms.